The highest BCUT2D eigenvalue weighted by molar-refractivity contribution is 6.35. The topological polar surface area (TPSA) is 81.9 Å². The summed E-state index contributed by atoms with van der Waals surface area (Å²) in [6.45, 7) is 4.02. The summed E-state index contributed by atoms with van der Waals surface area (Å²) in [6.07, 6.45) is -0.780. The zero-order chi connectivity index (χ0) is 15.4. The van der Waals surface area contributed by atoms with Crippen molar-refractivity contribution < 1.29 is 9.53 Å². The maximum atomic E-state index is 12.0. The first-order valence-electron chi connectivity index (χ1n) is 6.20. The van der Waals surface area contributed by atoms with Crippen LogP contribution in [0.5, 0.6) is 5.75 Å². The van der Waals surface area contributed by atoms with Crippen LogP contribution in [0.15, 0.2) is 18.2 Å². The molecule has 9 heteroatoms. The van der Waals surface area contributed by atoms with Crippen molar-refractivity contribution in [2.45, 2.75) is 26.5 Å². The number of aryl methyl sites for hydroxylation is 1. The average molecular weight is 330 g/mol. The Labute approximate surface area is 131 Å². The Hall–Kier alpha value is -1.86. The number of ether oxygens (including phenoxy) is 1. The number of anilines is 1. The molecule has 1 N–H and O–H groups in total. The van der Waals surface area contributed by atoms with E-state index in [1.54, 1.807) is 19.1 Å². The van der Waals surface area contributed by atoms with E-state index >= 15 is 0 Å². The second-order valence-electron chi connectivity index (χ2n) is 4.13. The van der Waals surface area contributed by atoms with Gasteiger partial charge in [0.25, 0.3) is 11.9 Å². The van der Waals surface area contributed by atoms with Crippen LogP contribution < -0.4 is 10.1 Å². The first kappa shape index (κ1) is 15.5. The van der Waals surface area contributed by atoms with Gasteiger partial charge < -0.3 is 4.74 Å². The molecular formula is C12H13Cl2N5O2. The number of aromatic nitrogens is 4. The van der Waals surface area contributed by atoms with E-state index in [1.807, 2.05) is 6.92 Å². The Morgan fingerprint density at radius 2 is 2.24 bits per heavy atom. The zero-order valence-corrected chi connectivity index (χ0v) is 12.9. The van der Waals surface area contributed by atoms with Crippen LogP contribution in [0.4, 0.5) is 5.95 Å². The van der Waals surface area contributed by atoms with Crippen LogP contribution in [0.25, 0.3) is 0 Å². The van der Waals surface area contributed by atoms with E-state index < -0.39 is 12.0 Å². The number of tetrazole rings is 1. The predicted octanol–water partition coefficient (Wildman–Crippen LogP) is 2.41. The Balaban J connectivity index is 1.98. The lowest BCUT2D eigenvalue weighted by Crippen LogP contribution is -2.30. The molecule has 0 aliphatic heterocycles. The van der Waals surface area contributed by atoms with Crippen LogP contribution in [0.3, 0.4) is 0 Å². The molecule has 1 atom stereocenters. The molecule has 7 nitrogen and oxygen atoms in total. The lowest BCUT2D eigenvalue weighted by molar-refractivity contribution is -0.122. The van der Waals surface area contributed by atoms with Gasteiger partial charge in [0.2, 0.25) is 0 Å². The molecule has 2 rings (SSSR count). The van der Waals surface area contributed by atoms with Crippen LogP contribution in [0, 0.1) is 0 Å². The molecule has 2 aromatic rings. The molecule has 21 heavy (non-hydrogen) atoms. The molecule has 0 bridgehead atoms. The summed E-state index contributed by atoms with van der Waals surface area (Å²) in [4.78, 5) is 13.3. The van der Waals surface area contributed by atoms with Crippen molar-refractivity contribution in [2.24, 2.45) is 0 Å². The molecule has 1 heterocycles. The monoisotopic (exact) mass is 329 g/mol. The third-order valence-electron chi connectivity index (χ3n) is 2.54. The lowest BCUT2D eigenvalue weighted by atomic mass is 10.3. The fourth-order valence-electron chi connectivity index (χ4n) is 1.45. The Morgan fingerprint density at radius 1 is 1.48 bits per heavy atom. The van der Waals surface area contributed by atoms with Gasteiger partial charge in [-0.3, -0.25) is 10.1 Å². The van der Waals surface area contributed by atoms with Crippen molar-refractivity contribution in [3.05, 3.63) is 28.2 Å². The third kappa shape index (κ3) is 4.05. The van der Waals surface area contributed by atoms with E-state index in [0.29, 0.717) is 22.3 Å². The summed E-state index contributed by atoms with van der Waals surface area (Å²) in [5.41, 5.74) is 0. The molecule has 0 spiro atoms. The first-order valence-corrected chi connectivity index (χ1v) is 6.95. The lowest BCUT2D eigenvalue weighted by Gasteiger charge is -2.14. The van der Waals surface area contributed by atoms with Crippen LogP contribution >= 0.6 is 23.2 Å². The minimum Gasteiger partial charge on any atom is -0.479 e. The number of rotatable bonds is 5. The van der Waals surface area contributed by atoms with E-state index in [9.17, 15) is 4.79 Å². The van der Waals surface area contributed by atoms with Gasteiger partial charge in [-0.25, -0.2) is 0 Å². The van der Waals surface area contributed by atoms with Gasteiger partial charge in [-0.2, -0.15) is 4.80 Å². The molecule has 1 amide bonds. The molecule has 0 aliphatic rings. The van der Waals surface area contributed by atoms with Gasteiger partial charge in [-0.1, -0.05) is 28.3 Å². The van der Waals surface area contributed by atoms with E-state index in [-0.39, 0.29) is 5.95 Å². The van der Waals surface area contributed by atoms with Gasteiger partial charge in [0, 0.05) is 5.02 Å². The zero-order valence-electron chi connectivity index (χ0n) is 11.4. The summed E-state index contributed by atoms with van der Waals surface area (Å²) in [5.74, 6) is 0.0880. The number of hydrogen-bond donors (Lipinski definition) is 1. The number of nitrogens with one attached hydrogen (secondary N) is 1. The molecule has 0 saturated carbocycles. The number of halogens is 2. The number of nitrogens with zero attached hydrogens (tertiary/aromatic N) is 4. The summed E-state index contributed by atoms with van der Waals surface area (Å²) in [6, 6.07) is 4.76. The smallest absolute Gasteiger partial charge is 0.270 e. The SMILES string of the molecule is CCn1nnc(NC(=O)[C@@H](C)Oc2ccc(Cl)cc2Cl)n1. The molecule has 0 radical (unpaired) electrons. The van der Waals surface area contributed by atoms with Crippen molar-refractivity contribution in [1.29, 1.82) is 0 Å². The highest BCUT2D eigenvalue weighted by Crippen LogP contribution is 2.28. The normalized spacial score (nSPS) is 12.0. The van der Waals surface area contributed by atoms with Crippen LogP contribution in [0.2, 0.25) is 10.0 Å². The van der Waals surface area contributed by atoms with E-state index in [2.05, 4.69) is 20.7 Å². The summed E-state index contributed by atoms with van der Waals surface area (Å²) < 4.78 is 5.48. The number of hydrogen-bond acceptors (Lipinski definition) is 5. The van der Waals surface area contributed by atoms with Crippen LogP contribution in [-0.2, 0) is 11.3 Å². The van der Waals surface area contributed by atoms with Crippen molar-refractivity contribution in [3.63, 3.8) is 0 Å². The maximum Gasteiger partial charge on any atom is 0.270 e. The van der Waals surface area contributed by atoms with Gasteiger partial charge in [-0.15, -0.1) is 5.10 Å². The minimum atomic E-state index is -0.780. The fourth-order valence-corrected chi connectivity index (χ4v) is 1.91. The minimum absolute atomic E-state index is 0.125. The van der Waals surface area contributed by atoms with Crippen molar-refractivity contribution >= 4 is 35.1 Å². The van der Waals surface area contributed by atoms with Gasteiger partial charge in [-0.05, 0) is 37.3 Å². The largest absolute Gasteiger partial charge is 0.479 e. The molecule has 112 valence electrons. The molecule has 0 saturated heterocycles. The molecule has 0 aliphatic carbocycles. The van der Waals surface area contributed by atoms with Crippen molar-refractivity contribution in [2.75, 3.05) is 5.32 Å². The van der Waals surface area contributed by atoms with E-state index in [4.69, 9.17) is 27.9 Å². The van der Waals surface area contributed by atoms with Crippen molar-refractivity contribution in [3.8, 4) is 5.75 Å². The third-order valence-corrected chi connectivity index (χ3v) is 3.07. The average Bonchev–Trinajstić information content (AvgIpc) is 2.89. The number of benzene rings is 1. The second kappa shape index (κ2) is 6.73. The number of carbonyl (C=O) groups excluding carboxylic acids is 1. The Kier molecular flexibility index (Phi) is 4.98. The second-order valence-corrected chi connectivity index (χ2v) is 4.97. The van der Waals surface area contributed by atoms with E-state index in [1.165, 1.54) is 10.9 Å². The fraction of sp³-hybridized carbons (Fsp3) is 0.333. The Bertz CT molecular complexity index is 646. The van der Waals surface area contributed by atoms with Crippen LogP contribution in [-0.4, -0.2) is 32.2 Å². The molecule has 1 aromatic carbocycles. The van der Waals surface area contributed by atoms with E-state index in [0.717, 1.165) is 0 Å². The molecule has 0 unspecified atom stereocenters. The summed E-state index contributed by atoms with van der Waals surface area (Å²) in [5, 5.41) is 14.7. The van der Waals surface area contributed by atoms with Gasteiger partial charge in [0.05, 0.1) is 11.6 Å². The molecular weight excluding hydrogens is 317 g/mol. The Morgan fingerprint density at radius 3 is 2.86 bits per heavy atom. The predicted molar refractivity (Wildman–Crippen MR) is 78.7 cm³/mol. The summed E-state index contributed by atoms with van der Waals surface area (Å²) in [7, 11) is 0. The first-order chi connectivity index (χ1) is 9.99. The highest BCUT2D eigenvalue weighted by atomic mass is 35.5. The van der Waals surface area contributed by atoms with Gasteiger partial charge in [0.15, 0.2) is 6.10 Å². The number of carbonyl (C=O) groups is 1. The van der Waals surface area contributed by atoms with Crippen LogP contribution in [0.1, 0.15) is 13.8 Å². The number of amides is 1. The van der Waals surface area contributed by atoms with Gasteiger partial charge >= 0.3 is 0 Å². The highest BCUT2D eigenvalue weighted by Gasteiger charge is 2.18. The maximum absolute atomic E-state index is 12.0. The summed E-state index contributed by atoms with van der Waals surface area (Å²) >= 11 is 11.8. The van der Waals surface area contributed by atoms with Crippen molar-refractivity contribution in [1.82, 2.24) is 20.2 Å². The quantitative estimate of drug-likeness (QED) is 0.910. The standard InChI is InChI=1S/C12H13Cl2N5O2/c1-3-19-17-12(16-18-19)15-11(20)7(2)21-10-5-4-8(13)6-9(10)14/h4-7H,3H2,1-2H3,(H,15,17,20)/t7-/m1/s1. The molecule has 1 aromatic heterocycles. The molecule has 0 fully saturated rings. The van der Waals surface area contributed by atoms with Gasteiger partial charge in [0.1, 0.15) is 5.75 Å².